The van der Waals surface area contributed by atoms with Crippen LogP contribution in [0.4, 0.5) is 0 Å². The number of rotatable bonds is 8. The van der Waals surface area contributed by atoms with E-state index in [2.05, 4.69) is 6.92 Å². The fourth-order valence-corrected chi connectivity index (χ4v) is 3.25. The number of aliphatic hydroxyl groups excluding tert-OH is 1. The predicted molar refractivity (Wildman–Crippen MR) is 91.4 cm³/mol. The van der Waals surface area contributed by atoms with Crippen LogP contribution in [0.3, 0.4) is 0 Å². The summed E-state index contributed by atoms with van der Waals surface area (Å²) < 4.78 is 5.43. The Kier molecular flexibility index (Phi) is 6.26. The lowest BCUT2D eigenvalue weighted by molar-refractivity contribution is -0.136. The Morgan fingerprint density at radius 2 is 1.88 bits per heavy atom. The minimum absolute atomic E-state index is 0.00837. The minimum atomic E-state index is -0.732. The maximum absolute atomic E-state index is 12.3. The number of hydrogen-bond donors (Lipinski definition) is 1. The third-order valence-electron chi connectivity index (χ3n) is 5.36. The Bertz CT molecular complexity index is 464. The van der Waals surface area contributed by atoms with Crippen molar-refractivity contribution >= 4 is 11.8 Å². The second-order valence-electron chi connectivity index (χ2n) is 8.03. The molecule has 2 amide bonds. The molecule has 0 radical (unpaired) electrons. The lowest BCUT2D eigenvalue weighted by Crippen LogP contribution is -2.43. The number of amides is 2. The molecule has 1 saturated carbocycles. The lowest BCUT2D eigenvalue weighted by atomic mass is 10.0. The highest BCUT2D eigenvalue weighted by atomic mass is 16.5. The molecule has 1 N–H and O–H groups in total. The fourth-order valence-electron chi connectivity index (χ4n) is 3.25. The molecule has 2 aliphatic rings. The van der Waals surface area contributed by atoms with E-state index in [1.165, 1.54) is 12.8 Å². The number of aliphatic hydroxyl groups is 1. The molecule has 0 bridgehead atoms. The number of carbonyl (C=O) groups excluding carboxylic acids is 2. The van der Waals surface area contributed by atoms with Crippen LogP contribution >= 0.6 is 0 Å². The number of likely N-dealkylation sites (N-methyl/N-ethyl adjacent to an activating group) is 2. The monoisotopic (exact) mass is 340 g/mol. The molecule has 1 aliphatic carbocycles. The van der Waals surface area contributed by atoms with Gasteiger partial charge in [0.15, 0.2) is 0 Å². The SMILES string of the molecule is CC1CC(C(=O)N(C)CC(O)CN(C)C(=O)CCC2(C)CC2)CO1. The molecule has 3 unspecified atom stereocenters. The summed E-state index contributed by atoms with van der Waals surface area (Å²) in [5, 5.41) is 10.2. The van der Waals surface area contributed by atoms with E-state index in [0.29, 0.717) is 18.4 Å². The van der Waals surface area contributed by atoms with Gasteiger partial charge in [-0.05, 0) is 38.0 Å². The van der Waals surface area contributed by atoms with Crippen molar-refractivity contribution < 1.29 is 19.4 Å². The van der Waals surface area contributed by atoms with E-state index in [9.17, 15) is 14.7 Å². The topological polar surface area (TPSA) is 70.1 Å². The van der Waals surface area contributed by atoms with Gasteiger partial charge in [0.05, 0.1) is 24.7 Å². The van der Waals surface area contributed by atoms with Crippen molar-refractivity contribution in [1.82, 2.24) is 9.80 Å². The number of hydrogen-bond acceptors (Lipinski definition) is 4. The fraction of sp³-hybridized carbons (Fsp3) is 0.889. The predicted octanol–water partition coefficient (Wildman–Crippen LogP) is 1.27. The van der Waals surface area contributed by atoms with Crippen molar-refractivity contribution in [2.45, 2.75) is 58.2 Å². The Morgan fingerprint density at radius 1 is 1.25 bits per heavy atom. The quantitative estimate of drug-likeness (QED) is 0.722. The van der Waals surface area contributed by atoms with Gasteiger partial charge in [-0.15, -0.1) is 0 Å². The summed E-state index contributed by atoms with van der Waals surface area (Å²) in [6, 6.07) is 0. The van der Waals surface area contributed by atoms with Crippen LogP contribution in [0.5, 0.6) is 0 Å². The maximum Gasteiger partial charge on any atom is 0.227 e. The molecule has 2 fully saturated rings. The van der Waals surface area contributed by atoms with E-state index in [1.54, 1.807) is 23.9 Å². The van der Waals surface area contributed by atoms with Crippen LogP contribution in [-0.4, -0.2) is 72.7 Å². The van der Waals surface area contributed by atoms with Gasteiger partial charge in [0, 0.05) is 33.6 Å². The summed E-state index contributed by atoms with van der Waals surface area (Å²) in [4.78, 5) is 27.6. The largest absolute Gasteiger partial charge is 0.389 e. The van der Waals surface area contributed by atoms with E-state index in [4.69, 9.17) is 4.74 Å². The standard InChI is InChI=1S/C18H32N2O4/c1-13-9-14(12-24-13)17(23)20(4)11-15(21)10-19(3)16(22)5-6-18(2)7-8-18/h13-15,21H,5-12H2,1-4H3. The molecule has 1 heterocycles. The molecule has 0 aromatic rings. The minimum Gasteiger partial charge on any atom is -0.389 e. The second-order valence-corrected chi connectivity index (χ2v) is 8.03. The van der Waals surface area contributed by atoms with E-state index < -0.39 is 6.10 Å². The molecule has 138 valence electrons. The zero-order valence-corrected chi connectivity index (χ0v) is 15.5. The average molecular weight is 340 g/mol. The zero-order valence-electron chi connectivity index (χ0n) is 15.5. The van der Waals surface area contributed by atoms with E-state index in [0.717, 1.165) is 12.8 Å². The molecule has 6 heteroatoms. The van der Waals surface area contributed by atoms with E-state index in [-0.39, 0.29) is 36.9 Å². The number of carbonyl (C=O) groups is 2. The Labute approximate surface area is 145 Å². The summed E-state index contributed by atoms with van der Waals surface area (Å²) in [6.45, 7) is 5.12. The van der Waals surface area contributed by atoms with Crippen LogP contribution in [-0.2, 0) is 14.3 Å². The van der Waals surface area contributed by atoms with Gasteiger partial charge in [0.25, 0.3) is 0 Å². The van der Waals surface area contributed by atoms with Crippen LogP contribution in [0.1, 0.15) is 46.0 Å². The molecule has 0 aromatic carbocycles. The van der Waals surface area contributed by atoms with Crippen molar-refractivity contribution in [3.63, 3.8) is 0 Å². The van der Waals surface area contributed by atoms with Crippen molar-refractivity contribution in [2.24, 2.45) is 11.3 Å². The van der Waals surface area contributed by atoms with Crippen molar-refractivity contribution in [3.8, 4) is 0 Å². The molecule has 0 spiro atoms. The summed E-state index contributed by atoms with van der Waals surface area (Å²) >= 11 is 0. The third kappa shape index (κ3) is 5.45. The molecule has 1 aliphatic heterocycles. The van der Waals surface area contributed by atoms with Crippen molar-refractivity contribution in [3.05, 3.63) is 0 Å². The van der Waals surface area contributed by atoms with Gasteiger partial charge in [-0.25, -0.2) is 0 Å². The van der Waals surface area contributed by atoms with Gasteiger partial charge in [0.2, 0.25) is 11.8 Å². The van der Waals surface area contributed by atoms with Gasteiger partial charge in [-0.1, -0.05) is 6.92 Å². The molecule has 3 atom stereocenters. The number of nitrogens with zero attached hydrogens (tertiary/aromatic N) is 2. The first-order valence-electron chi connectivity index (χ1n) is 8.99. The highest BCUT2D eigenvalue weighted by Crippen LogP contribution is 2.48. The van der Waals surface area contributed by atoms with Crippen LogP contribution in [0.15, 0.2) is 0 Å². The van der Waals surface area contributed by atoms with Crippen LogP contribution in [0.2, 0.25) is 0 Å². The third-order valence-corrected chi connectivity index (χ3v) is 5.36. The molecular formula is C18H32N2O4. The maximum atomic E-state index is 12.3. The smallest absolute Gasteiger partial charge is 0.227 e. The van der Waals surface area contributed by atoms with E-state index in [1.807, 2.05) is 6.92 Å². The Hall–Kier alpha value is -1.14. The summed E-state index contributed by atoms with van der Waals surface area (Å²) in [6.07, 6.45) is 4.00. The highest BCUT2D eigenvalue weighted by Gasteiger charge is 2.37. The lowest BCUT2D eigenvalue weighted by Gasteiger charge is -2.26. The normalized spacial score (nSPS) is 26.0. The van der Waals surface area contributed by atoms with E-state index >= 15 is 0 Å². The molecule has 24 heavy (non-hydrogen) atoms. The average Bonchev–Trinajstić information content (AvgIpc) is 3.10. The van der Waals surface area contributed by atoms with Crippen LogP contribution < -0.4 is 0 Å². The molecule has 2 rings (SSSR count). The summed E-state index contributed by atoms with van der Waals surface area (Å²) in [7, 11) is 3.42. The summed E-state index contributed by atoms with van der Waals surface area (Å²) in [5.74, 6) is -0.0425. The second kappa shape index (κ2) is 7.83. The van der Waals surface area contributed by atoms with Gasteiger partial charge >= 0.3 is 0 Å². The van der Waals surface area contributed by atoms with Gasteiger partial charge < -0.3 is 19.6 Å². The molecular weight excluding hydrogens is 308 g/mol. The number of ether oxygens (including phenoxy) is 1. The summed E-state index contributed by atoms with van der Waals surface area (Å²) in [5.41, 5.74) is 0.363. The highest BCUT2D eigenvalue weighted by molar-refractivity contribution is 5.79. The first kappa shape index (κ1) is 19.2. The molecule has 0 aromatic heterocycles. The first-order chi connectivity index (χ1) is 11.2. The van der Waals surface area contributed by atoms with Gasteiger partial charge in [0.1, 0.15) is 0 Å². The first-order valence-corrected chi connectivity index (χ1v) is 8.99. The molecule has 6 nitrogen and oxygen atoms in total. The van der Waals surface area contributed by atoms with Crippen LogP contribution in [0.25, 0.3) is 0 Å². The van der Waals surface area contributed by atoms with Crippen molar-refractivity contribution in [1.29, 1.82) is 0 Å². The van der Waals surface area contributed by atoms with Crippen molar-refractivity contribution in [2.75, 3.05) is 33.8 Å². The van der Waals surface area contributed by atoms with Gasteiger partial charge in [-0.2, -0.15) is 0 Å². The van der Waals surface area contributed by atoms with Crippen LogP contribution in [0, 0.1) is 11.3 Å². The zero-order chi connectivity index (χ0) is 17.9. The Morgan fingerprint density at radius 3 is 2.42 bits per heavy atom. The molecule has 1 saturated heterocycles. The van der Waals surface area contributed by atoms with Gasteiger partial charge in [-0.3, -0.25) is 9.59 Å². The Balaban J connectivity index is 1.69.